The minimum Gasteiger partial charge on any atom is -0.361 e. The van der Waals surface area contributed by atoms with Crippen molar-refractivity contribution in [1.82, 2.24) is 18.7 Å². The van der Waals surface area contributed by atoms with Crippen LogP contribution in [0.4, 0.5) is 23.2 Å². The molecule has 1 aliphatic heterocycles. The Kier molecular flexibility index (Phi) is 6.14. The number of hydrogen-bond donors (Lipinski definition) is 0. The third kappa shape index (κ3) is 4.32. The van der Waals surface area contributed by atoms with Crippen LogP contribution in [-0.2, 0) is 23.1 Å². The van der Waals surface area contributed by atoms with E-state index < -0.39 is 40.5 Å². The number of allylic oxidation sites excluding steroid dienone is 1. The van der Waals surface area contributed by atoms with E-state index >= 15 is 0 Å². The zero-order valence-electron chi connectivity index (χ0n) is 17.4. The summed E-state index contributed by atoms with van der Waals surface area (Å²) in [5, 5.41) is 0. The van der Waals surface area contributed by atoms with Gasteiger partial charge in [0, 0.05) is 42.8 Å². The summed E-state index contributed by atoms with van der Waals surface area (Å²) in [7, 11) is -5.67. The van der Waals surface area contributed by atoms with E-state index in [1.165, 1.54) is 6.07 Å². The van der Waals surface area contributed by atoms with Gasteiger partial charge in [-0.1, -0.05) is 12.1 Å². The van der Waals surface area contributed by atoms with Crippen LogP contribution in [-0.4, -0.2) is 45.2 Å². The largest absolute Gasteiger partial charge is 0.511 e. The number of alkyl halides is 3. The molecule has 0 saturated heterocycles. The first-order chi connectivity index (χ1) is 15.6. The zero-order chi connectivity index (χ0) is 23.8. The second-order valence-electron chi connectivity index (χ2n) is 7.67. The summed E-state index contributed by atoms with van der Waals surface area (Å²) < 4.78 is 81.7. The maximum atomic E-state index is 14.8. The highest BCUT2D eigenvalue weighted by Crippen LogP contribution is 2.36. The zero-order valence-corrected chi connectivity index (χ0v) is 18.2. The number of aromatic nitrogens is 3. The minimum atomic E-state index is -5.67. The standard InChI is InChI=1S/C21H21F4N5O2S/c1-2-3-6-15-12-28(33(31,32)21(23,24)25)14-17-18(22)7-4-8-19(17)30(15)13-16-11-27-20-26-9-5-10-29(16)20/h2,4-5,7-11,15H,1,3,6,12-14H2. The number of fused-ring (bicyclic) bond motifs is 2. The lowest BCUT2D eigenvalue weighted by Crippen LogP contribution is -2.47. The van der Waals surface area contributed by atoms with Gasteiger partial charge in [0.25, 0.3) is 0 Å². The molecule has 33 heavy (non-hydrogen) atoms. The molecule has 12 heteroatoms. The summed E-state index contributed by atoms with van der Waals surface area (Å²) in [6.45, 7) is 2.64. The third-order valence-corrected chi connectivity index (χ3v) is 7.17. The molecule has 7 nitrogen and oxygen atoms in total. The number of rotatable bonds is 6. The Morgan fingerprint density at radius 2 is 2.00 bits per heavy atom. The average molecular weight is 483 g/mol. The maximum absolute atomic E-state index is 14.8. The molecule has 0 aliphatic carbocycles. The Labute approximate surface area is 188 Å². The molecule has 0 fully saturated rings. The van der Waals surface area contributed by atoms with E-state index in [2.05, 4.69) is 16.5 Å². The van der Waals surface area contributed by atoms with Gasteiger partial charge in [-0.05, 0) is 31.0 Å². The Bertz CT molecular complexity index is 1280. The number of halogens is 4. The highest BCUT2D eigenvalue weighted by Gasteiger charge is 2.51. The lowest BCUT2D eigenvalue weighted by atomic mass is 10.1. The molecule has 3 heterocycles. The molecule has 176 valence electrons. The highest BCUT2D eigenvalue weighted by atomic mass is 32.2. The normalized spacial score (nSPS) is 17.7. The quantitative estimate of drug-likeness (QED) is 0.393. The molecule has 0 saturated carbocycles. The molecule has 1 unspecified atom stereocenters. The first-order valence-corrected chi connectivity index (χ1v) is 11.6. The molecule has 1 aromatic carbocycles. The van der Waals surface area contributed by atoms with Crippen molar-refractivity contribution in [2.75, 3.05) is 11.4 Å². The van der Waals surface area contributed by atoms with Crippen LogP contribution in [0, 0.1) is 5.82 Å². The molecule has 0 N–H and O–H groups in total. The number of sulfonamides is 1. The van der Waals surface area contributed by atoms with Gasteiger partial charge in [0.1, 0.15) is 5.82 Å². The van der Waals surface area contributed by atoms with Crippen LogP contribution in [0.1, 0.15) is 24.1 Å². The summed E-state index contributed by atoms with van der Waals surface area (Å²) >= 11 is 0. The van der Waals surface area contributed by atoms with E-state index in [-0.39, 0.29) is 12.1 Å². The molecular weight excluding hydrogens is 462 g/mol. The molecule has 4 rings (SSSR count). The van der Waals surface area contributed by atoms with Crippen molar-refractivity contribution < 1.29 is 26.0 Å². The molecule has 0 radical (unpaired) electrons. The van der Waals surface area contributed by atoms with E-state index in [0.29, 0.717) is 34.3 Å². The second kappa shape index (κ2) is 8.75. The Morgan fingerprint density at radius 3 is 2.73 bits per heavy atom. The minimum absolute atomic E-state index is 0.113. The summed E-state index contributed by atoms with van der Waals surface area (Å²) in [6, 6.07) is 5.18. The number of hydrogen-bond acceptors (Lipinski definition) is 5. The molecule has 3 aromatic rings. The Hall–Kier alpha value is -2.99. The molecular formula is C21H21F4N5O2S. The van der Waals surface area contributed by atoms with Gasteiger partial charge < -0.3 is 4.90 Å². The van der Waals surface area contributed by atoms with Crippen LogP contribution in [0.15, 0.2) is 55.5 Å². The van der Waals surface area contributed by atoms with Gasteiger partial charge in [0.15, 0.2) is 0 Å². The summed E-state index contributed by atoms with van der Waals surface area (Å²) in [4.78, 5) is 10.1. The fraction of sp³-hybridized carbons (Fsp3) is 0.333. The van der Waals surface area contributed by atoms with Crippen LogP contribution < -0.4 is 4.90 Å². The third-order valence-electron chi connectivity index (χ3n) is 5.63. The Balaban J connectivity index is 1.83. The van der Waals surface area contributed by atoms with Gasteiger partial charge in [-0.25, -0.2) is 22.8 Å². The Morgan fingerprint density at radius 1 is 1.21 bits per heavy atom. The average Bonchev–Trinajstić information content (AvgIpc) is 3.09. The van der Waals surface area contributed by atoms with Gasteiger partial charge in [0.05, 0.1) is 18.4 Å². The second-order valence-corrected chi connectivity index (χ2v) is 9.60. The SMILES string of the molecule is C=CCCC1CN(S(=O)(=O)C(F)(F)F)Cc2c(F)cccc2N1Cc1cnc2ncccn12. The topological polar surface area (TPSA) is 70.8 Å². The van der Waals surface area contributed by atoms with Gasteiger partial charge in [-0.3, -0.25) is 4.40 Å². The van der Waals surface area contributed by atoms with Crippen molar-refractivity contribution in [2.24, 2.45) is 0 Å². The lowest BCUT2D eigenvalue weighted by molar-refractivity contribution is -0.0492. The summed E-state index contributed by atoms with van der Waals surface area (Å²) in [5.41, 5.74) is -4.60. The van der Waals surface area contributed by atoms with Gasteiger partial charge >= 0.3 is 15.5 Å². The molecule has 0 amide bonds. The molecule has 0 bridgehead atoms. The first kappa shape index (κ1) is 23.2. The van der Waals surface area contributed by atoms with Crippen LogP contribution in [0.3, 0.4) is 0 Å². The predicted octanol–water partition coefficient (Wildman–Crippen LogP) is 3.88. The van der Waals surface area contributed by atoms with Crippen molar-refractivity contribution in [3.8, 4) is 0 Å². The van der Waals surface area contributed by atoms with Crippen LogP contribution in [0.2, 0.25) is 0 Å². The monoisotopic (exact) mass is 483 g/mol. The maximum Gasteiger partial charge on any atom is 0.511 e. The van der Waals surface area contributed by atoms with Crippen molar-refractivity contribution in [3.63, 3.8) is 0 Å². The van der Waals surface area contributed by atoms with E-state index in [0.717, 1.165) is 6.07 Å². The van der Waals surface area contributed by atoms with Crippen molar-refractivity contribution in [3.05, 3.63) is 72.6 Å². The predicted molar refractivity (Wildman–Crippen MR) is 114 cm³/mol. The summed E-state index contributed by atoms with van der Waals surface area (Å²) in [6.07, 6.45) is 7.26. The molecule has 1 aliphatic rings. The van der Waals surface area contributed by atoms with Crippen LogP contribution in [0.25, 0.3) is 5.78 Å². The van der Waals surface area contributed by atoms with Gasteiger partial charge in [-0.2, -0.15) is 17.5 Å². The summed E-state index contributed by atoms with van der Waals surface area (Å²) in [5.74, 6) is -0.338. The van der Waals surface area contributed by atoms with E-state index in [1.807, 2.05) is 0 Å². The number of anilines is 1. The number of imidazole rings is 1. The number of benzene rings is 1. The van der Waals surface area contributed by atoms with E-state index in [9.17, 15) is 26.0 Å². The fourth-order valence-corrected chi connectivity index (χ4v) is 4.97. The highest BCUT2D eigenvalue weighted by molar-refractivity contribution is 7.89. The van der Waals surface area contributed by atoms with Crippen LogP contribution in [0.5, 0.6) is 0 Å². The first-order valence-electron chi connectivity index (χ1n) is 10.1. The molecule has 0 spiro atoms. The molecule has 1 atom stereocenters. The number of nitrogens with zero attached hydrogens (tertiary/aromatic N) is 5. The van der Waals surface area contributed by atoms with E-state index in [4.69, 9.17) is 0 Å². The molecule has 2 aromatic heterocycles. The van der Waals surface area contributed by atoms with Gasteiger partial charge in [-0.15, -0.1) is 6.58 Å². The smallest absolute Gasteiger partial charge is 0.361 e. The van der Waals surface area contributed by atoms with Crippen molar-refractivity contribution in [1.29, 1.82) is 0 Å². The van der Waals surface area contributed by atoms with E-state index in [1.54, 1.807) is 46.1 Å². The van der Waals surface area contributed by atoms with Crippen molar-refractivity contribution in [2.45, 2.75) is 37.5 Å². The fourth-order valence-electron chi connectivity index (χ4n) is 4.01. The lowest BCUT2D eigenvalue weighted by Gasteiger charge is -2.34. The van der Waals surface area contributed by atoms with Crippen molar-refractivity contribution >= 4 is 21.5 Å². The van der Waals surface area contributed by atoms with Crippen LogP contribution >= 0.6 is 0 Å². The van der Waals surface area contributed by atoms with Gasteiger partial charge in [0.2, 0.25) is 5.78 Å².